The summed E-state index contributed by atoms with van der Waals surface area (Å²) < 4.78 is 26.9. The van der Waals surface area contributed by atoms with E-state index in [1.807, 2.05) is 30.3 Å². The van der Waals surface area contributed by atoms with Gasteiger partial charge < -0.3 is 4.90 Å². The fourth-order valence-corrected chi connectivity index (χ4v) is 5.18. The first-order valence-electron chi connectivity index (χ1n) is 9.95. The molecule has 2 aliphatic rings. The zero-order chi connectivity index (χ0) is 21.3. The Balaban J connectivity index is 1.41. The second kappa shape index (κ2) is 8.02. The van der Waals surface area contributed by atoms with Gasteiger partial charge in [0.25, 0.3) is 10.0 Å². The van der Waals surface area contributed by atoms with Crippen molar-refractivity contribution in [3.8, 4) is 0 Å². The second-order valence-electron chi connectivity index (χ2n) is 7.59. The van der Waals surface area contributed by atoms with E-state index >= 15 is 0 Å². The van der Waals surface area contributed by atoms with E-state index in [2.05, 4.69) is 9.71 Å². The van der Waals surface area contributed by atoms with E-state index in [0.29, 0.717) is 37.1 Å². The normalized spacial score (nSPS) is 20.4. The predicted octanol–water partition coefficient (Wildman–Crippen LogP) is 2.24. The van der Waals surface area contributed by atoms with Crippen LogP contribution in [0.2, 0.25) is 0 Å². The van der Waals surface area contributed by atoms with E-state index in [9.17, 15) is 18.0 Å². The Labute approximate surface area is 175 Å². The molecule has 2 heterocycles. The monoisotopic (exact) mass is 425 g/mol. The Bertz CT molecular complexity index is 1100. The van der Waals surface area contributed by atoms with Crippen molar-refractivity contribution in [2.24, 2.45) is 10.9 Å². The van der Waals surface area contributed by atoms with E-state index in [1.165, 1.54) is 6.07 Å². The molecule has 2 aromatic carbocycles. The van der Waals surface area contributed by atoms with Crippen LogP contribution in [0.4, 0.5) is 0 Å². The van der Waals surface area contributed by atoms with Gasteiger partial charge in [0, 0.05) is 30.1 Å². The molecule has 1 saturated heterocycles. The fraction of sp³-hybridized carbons (Fsp3) is 0.318. The molecule has 0 aliphatic carbocycles. The molecule has 2 aromatic rings. The molecular formula is C22H23N3O4S. The van der Waals surface area contributed by atoms with Gasteiger partial charge in [0.15, 0.2) is 5.78 Å². The minimum atomic E-state index is -3.64. The van der Waals surface area contributed by atoms with E-state index in [0.717, 1.165) is 0 Å². The summed E-state index contributed by atoms with van der Waals surface area (Å²) in [6.45, 7) is 2.63. The first kappa shape index (κ1) is 20.3. The first-order valence-corrected chi connectivity index (χ1v) is 11.4. The zero-order valence-corrected chi connectivity index (χ0v) is 17.4. The smallest absolute Gasteiger partial charge is 0.263 e. The maximum absolute atomic E-state index is 12.9. The SMILES string of the molecule is C[C@H](N=C1NS(=O)(=O)c2ccccc21)C(=O)N1CCC(C(=O)c2ccccc2)CC1. The lowest BCUT2D eigenvalue weighted by Crippen LogP contribution is -2.44. The maximum atomic E-state index is 12.9. The number of carbonyl (C=O) groups is 2. The minimum Gasteiger partial charge on any atom is -0.341 e. The Kier molecular flexibility index (Phi) is 5.42. The number of rotatable bonds is 4. The largest absolute Gasteiger partial charge is 0.341 e. The number of amidine groups is 1. The predicted molar refractivity (Wildman–Crippen MR) is 113 cm³/mol. The number of fused-ring (bicyclic) bond motifs is 1. The third-order valence-electron chi connectivity index (χ3n) is 5.58. The second-order valence-corrected chi connectivity index (χ2v) is 9.24. The van der Waals surface area contributed by atoms with Gasteiger partial charge >= 0.3 is 0 Å². The Morgan fingerprint density at radius 1 is 1.03 bits per heavy atom. The van der Waals surface area contributed by atoms with Gasteiger partial charge in [0.05, 0.1) is 4.90 Å². The highest BCUT2D eigenvalue weighted by Gasteiger charge is 2.33. The average Bonchev–Trinajstić information content (AvgIpc) is 3.03. The number of piperidine rings is 1. The molecule has 1 amide bonds. The van der Waals surface area contributed by atoms with Gasteiger partial charge in [-0.1, -0.05) is 42.5 Å². The third kappa shape index (κ3) is 3.87. The first-order chi connectivity index (χ1) is 14.4. The molecule has 30 heavy (non-hydrogen) atoms. The number of nitrogens with zero attached hydrogens (tertiary/aromatic N) is 2. The van der Waals surface area contributed by atoms with Crippen molar-refractivity contribution in [3.05, 3.63) is 65.7 Å². The number of likely N-dealkylation sites (tertiary alicyclic amines) is 1. The Hall–Kier alpha value is -3.00. The van der Waals surface area contributed by atoms with Crippen LogP contribution in [0.25, 0.3) is 0 Å². The number of benzene rings is 2. The van der Waals surface area contributed by atoms with Gasteiger partial charge in [-0.05, 0) is 31.9 Å². The van der Waals surface area contributed by atoms with Gasteiger partial charge in [0.1, 0.15) is 11.9 Å². The molecule has 4 rings (SSSR count). The van der Waals surface area contributed by atoms with Crippen molar-refractivity contribution in [2.75, 3.05) is 13.1 Å². The van der Waals surface area contributed by atoms with Gasteiger partial charge in [-0.25, -0.2) is 8.42 Å². The van der Waals surface area contributed by atoms with Crippen LogP contribution in [-0.2, 0) is 14.8 Å². The van der Waals surface area contributed by atoms with E-state index in [4.69, 9.17) is 0 Å². The molecule has 156 valence electrons. The third-order valence-corrected chi connectivity index (χ3v) is 6.98. The molecule has 0 unspecified atom stereocenters. The topological polar surface area (TPSA) is 95.9 Å². The molecule has 0 bridgehead atoms. The molecule has 0 saturated carbocycles. The Morgan fingerprint density at radius 3 is 2.37 bits per heavy atom. The maximum Gasteiger partial charge on any atom is 0.263 e. The average molecular weight is 426 g/mol. The molecule has 0 aromatic heterocycles. The molecule has 0 spiro atoms. The summed E-state index contributed by atoms with van der Waals surface area (Å²) in [7, 11) is -3.64. The van der Waals surface area contributed by atoms with Crippen LogP contribution in [-0.4, -0.2) is 50.0 Å². The highest BCUT2D eigenvalue weighted by atomic mass is 32.2. The molecule has 1 fully saturated rings. The highest BCUT2D eigenvalue weighted by Crippen LogP contribution is 2.24. The van der Waals surface area contributed by atoms with Crippen LogP contribution in [0.5, 0.6) is 0 Å². The summed E-state index contributed by atoms with van der Waals surface area (Å²) in [6.07, 6.45) is 1.22. The lowest BCUT2D eigenvalue weighted by atomic mass is 9.89. The number of hydrogen-bond donors (Lipinski definition) is 1. The van der Waals surface area contributed by atoms with Gasteiger partial charge in [-0.3, -0.25) is 19.3 Å². The lowest BCUT2D eigenvalue weighted by Gasteiger charge is -2.32. The van der Waals surface area contributed by atoms with E-state index < -0.39 is 16.1 Å². The molecule has 2 aliphatic heterocycles. The molecule has 8 heteroatoms. The molecule has 1 N–H and O–H groups in total. The lowest BCUT2D eigenvalue weighted by molar-refractivity contribution is -0.133. The van der Waals surface area contributed by atoms with E-state index in [-0.39, 0.29) is 28.3 Å². The summed E-state index contributed by atoms with van der Waals surface area (Å²) in [6, 6.07) is 15.1. The minimum absolute atomic E-state index is 0.0911. The Morgan fingerprint density at radius 2 is 1.67 bits per heavy atom. The van der Waals surface area contributed by atoms with Crippen LogP contribution in [0.3, 0.4) is 0 Å². The van der Waals surface area contributed by atoms with Crippen LogP contribution >= 0.6 is 0 Å². The summed E-state index contributed by atoms with van der Waals surface area (Å²) in [5, 5.41) is 0. The van der Waals surface area contributed by atoms with Gasteiger partial charge in [0.2, 0.25) is 5.91 Å². The summed E-state index contributed by atoms with van der Waals surface area (Å²) in [4.78, 5) is 31.7. The van der Waals surface area contributed by atoms with Crippen LogP contribution in [0, 0.1) is 5.92 Å². The number of ketones is 1. The van der Waals surface area contributed by atoms with E-state index in [1.54, 1.807) is 30.0 Å². The molecule has 1 atom stereocenters. The molecule has 0 radical (unpaired) electrons. The molecule has 7 nitrogen and oxygen atoms in total. The van der Waals surface area contributed by atoms with Crippen LogP contribution < -0.4 is 4.72 Å². The zero-order valence-electron chi connectivity index (χ0n) is 16.6. The number of nitrogens with one attached hydrogen (secondary N) is 1. The standard InChI is InChI=1S/C22H23N3O4S/c1-15(23-21-18-9-5-6-10-19(18)30(28,29)24-21)22(27)25-13-11-17(12-14-25)20(26)16-7-3-2-4-8-16/h2-10,15,17H,11-14H2,1H3,(H,23,24)/t15-/m0/s1. The van der Waals surface area contributed by atoms with Gasteiger partial charge in [-0.15, -0.1) is 0 Å². The van der Waals surface area contributed by atoms with Crippen molar-refractivity contribution in [2.45, 2.75) is 30.7 Å². The van der Waals surface area contributed by atoms with Crippen molar-refractivity contribution >= 4 is 27.5 Å². The van der Waals surface area contributed by atoms with Crippen LogP contribution in [0.15, 0.2) is 64.5 Å². The summed E-state index contributed by atoms with van der Waals surface area (Å²) in [5.74, 6) is 0.0526. The van der Waals surface area contributed by atoms with Crippen molar-refractivity contribution < 1.29 is 18.0 Å². The van der Waals surface area contributed by atoms with Crippen molar-refractivity contribution in [1.82, 2.24) is 9.62 Å². The number of sulfonamides is 1. The van der Waals surface area contributed by atoms with Crippen LogP contribution in [0.1, 0.15) is 35.7 Å². The quantitative estimate of drug-likeness (QED) is 0.760. The summed E-state index contributed by atoms with van der Waals surface area (Å²) in [5.41, 5.74) is 1.18. The van der Waals surface area contributed by atoms with Crippen molar-refractivity contribution in [3.63, 3.8) is 0 Å². The van der Waals surface area contributed by atoms with Gasteiger partial charge in [-0.2, -0.15) is 0 Å². The molecular weight excluding hydrogens is 402 g/mol. The fourth-order valence-electron chi connectivity index (χ4n) is 3.94. The van der Waals surface area contributed by atoms with Crippen molar-refractivity contribution in [1.29, 1.82) is 0 Å². The summed E-state index contributed by atoms with van der Waals surface area (Å²) >= 11 is 0. The highest BCUT2D eigenvalue weighted by molar-refractivity contribution is 7.90. The number of amides is 1. The number of carbonyl (C=O) groups excluding carboxylic acids is 2. The number of hydrogen-bond acceptors (Lipinski definition) is 5. The number of aliphatic imine (C=N–C) groups is 1. The number of Topliss-reactive ketones (excluding diaryl/α,β-unsaturated/α-hetero) is 1.